The first-order chi connectivity index (χ1) is 14.5. The van der Waals surface area contributed by atoms with Crippen molar-refractivity contribution >= 4 is 16.9 Å². The minimum atomic E-state index is -0.633. The maximum Gasteiger partial charge on any atom is 0.336 e. The van der Waals surface area contributed by atoms with E-state index in [2.05, 4.69) is 9.97 Å². The maximum absolute atomic E-state index is 13.0. The van der Waals surface area contributed by atoms with E-state index < -0.39 is 6.10 Å². The van der Waals surface area contributed by atoms with Crippen molar-refractivity contribution in [2.45, 2.75) is 52.1 Å². The fourth-order valence-corrected chi connectivity index (χ4v) is 4.21. The highest BCUT2D eigenvalue weighted by Crippen LogP contribution is 2.32. The van der Waals surface area contributed by atoms with E-state index in [1.807, 2.05) is 37.1 Å². The van der Waals surface area contributed by atoms with Crippen LogP contribution in [0.4, 0.5) is 0 Å². The number of aromatic nitrogens is 2. The summed E-state index contributed by atoms with van der Waals surface area (Å²) < 4.78 is 11.5. The number of aromatic amines is 1. The van der Waals surface area contributed by atoms with Crippen molar-refractivity contribution in [2.75, 3.05) is 13.1 Å². The number of ether oxygens (including phenoxy) is 1. The number of imidazole rings is 1. The number of amides is 1. The Morgan fingerprint density at radius 2 is 2.10 bits per heavy atom. The lowest BCUT2D eigenvalue weighted by molar-refractivity contribution is -0.139. The number of nitrogens with zero attached hydrogens (tertiary/aromatic N) is 2. The Kier molecular flexibility index (Phi) is 5.61. The highest BCUT2D eigenvalue weighted by Gasteiger charge is 2.29. The summed E-state index contributed by atoms with van der Waals surface area (Å²) in [5, 5.41) is 0.763. The van der Waals surface area contributed by atoms with Crippen LogP contribution in [0.25, 0.3) is 11.0 Å². The van der Waals surface area contributed by atoms with E-state index in [4.69, 9.17) is 9.15 Å². The van der Waals surface area contributed by atoms with Crippen LogP contribution in [0.1, 0.15) is 49.6 Å². The number of fused-ring (bicyclic) bond motifs is 1. The third-order valence-electron chi connectivity index (χ3n) is 5.78. The van der Waals surface area contributed by atoms with E-state index in [9.17, 15) is 9.59 Å². The van der Waals surface area contributed by atoms with Gasteiger partial charge in [-0.05, 0) is 56.4 Å². The standard InChI is InChI=1S/C23H27N3O4/c1-4-16-13-20(27)30-19-12-14(2)11-18(21(16)19)29-15(3)23(28)26-9-5-17(6-10-26)22-24-7-8-25-22/h7-8,11-13,15,17H,4-6,9-10H2,1-3H3,(H,24,25). The molecule has 30 heavy (non-hydrogen) atoms. The van der Waals surface area contributed by atoms with Crippen molar-refractivity contribution in [2.24, 2.45) is 0 Å². The molecule has 3 heterocycles. The molecule has 1 amide bonds. The number of carbonyl (C=O) groups excluding carboxylic acids is 1. The van der Waals surface area contributed by atoms with Gasteiger partial charge in [0.05, 0.1) is 5.39 Å². The molecule has 0 spiro atoms. The summed E-state index contributed by atoms with van der Waals surface area (Å²) in [6.07, 6.45) is 5.40. The van der Waals surface area contributed by atoms with Gasteiger partial charge in [0.25, 0.3) is 5.91 Å². The molecule has 1 aliphatic heterocycles. The van der Waals surface area contributed by atoms with Gasteiger partial charge in [0, 0.05) is 37.5 Å². The molecule has 1 aromatic carbocycles. The normalized spacial score (nSPS) is 16.0. The molecule has 1 N–H and O–H groups in total. The molecule has 158 valence electrons. The first-order valence-corrected chi connectivity index (χ1v) is 10.5. The molecular weight excluding hydrogens is 382 g/mol. The third kappa shape index (κ3) is 3.97. The van der Waals surface area contributed by atoms with E-state index in [-0.39, 0.29) is 11.5 Å². The minimum Gasteiger partial charge on any atom is -0.480 e. The molecule has 0 bridgehead atoms. The Hall–Kier alpha value is -3.09. The molecule has 1 fully saturated rings. The summed E-state index contributed by atoms with van der Waals surface area (Å²) in [5.41, 5.74) is 1.88. The van der Waals surface area contributed by atoms with Crippen molar-refractivity contribution < 1.29 is 13.9 Å². The van der Waals surface area contributed by atoms with E-state index in [1.54, 1.807) is 13.1 Å². The monoisotopic (exact) mass is 409 g/mol. The van der Waals surface area contributed by atoms with Crippen molar-refractivity contribution in [3.63, 3.8) is 0 Å². The summed E-state index contributed by atoms with van der Waals surface area (Å²) in [5.74, 6) is 1.90. The quantitative estimate of drug-likeness (QED) is 0.651. The van der Waals surface area contributed by atoms with Crippen molar-refractivity contribution in [3.05, 3.63) is 58.0 Å². The molecule has 1 saturated heterocycles. The Morgan fingerprint density at radius 1 is 1.33 bits per heavy atom. The first-order valence-electron chi connectivity index (χ1n) is 10.5. The molecule has 1 aliphatic rings. The van der Waals surface area contributed by atoms with E-state index in [1.165, 1.54) is 6.07 Å². The average Bonchev–Trinajstić information content (AvgIpc) is 3.27. The molecule has 3 aromatic rings. The van der Waals surface area contributed by atoms with Crippen LogP contribution in [0.2, 0.25) is 0 Å². The largest absolute Gasteiger partial charge is 0.480 e. The summed E-state index contributed by atoms with van der Waals surface area (Å²) >= 11 is 0. The Balaban J connectivity index is 1.51. The van der Waals surface area contributed by atoms with Gasteiger partial charge in [-0.1, -0.05) is 6.92 Å². The van der Waals surface area contributed by atoms with Crippen molar-refractivity contribution in [1.82, 2.24) is 14.9 Å². The smallest absolute Gasteiger partial charge is 0.336 e. The number of benzene rings is 1. The van der Waals surface area contributed by atoms with Gasteiger partial charge < -0.3 is 19.0 Å². The fourth-order valence-electron chi connectivity index (χ4n) is 4.21. The predicted molar refractivity (Wildman–Crippen MR) is 114 cm³/mol. The lowest BCUT2D eigenvalue weighted by Crippen LogP contribution is -2.44. The number of likely N-dealkylation sites (tertiary alicyclic amines) is 1. The number of H-pyrrole nitrogens is 1. The fraction of sp³-hybridized carbons (Fsp3) is 0.435. The van der Waals surface area contributed by atoms with Crippen molar-refractivity contribution in [1.29, 1.82) is 0 Å². The number of hydrogen-bond donors (Lipinski definition) is 1. The molecule has 1 atom stereocenters. The molecule has 4 rings (SSSR count). The SMILES string of the molecule is CCc1cc(=O)oc2cc(C)cc(OC(C)C(=O)N3CCC(c4ncc[nH]4)CC3)c12. The van der Waals surface area contributed by atoms with Crippen LogP contribution >= 0.6 is 0 Å². The van der Waals surface area contributed by atoms with Gasteiger partial charge in [-0.25, -0.2) is 9.78 Å². The first kappa shape index (κ1) is 20.2. The van der Waals surface area contributed by atoms with Crippen LogP contribution in [-0.4, -0.2) is 40.0 Å². The highest BCUT2D eigenvalue weighted by atomic mass is 16.5. The lowest BCUT2D eigenvalue weighted by atomic mass is 9.96. The van der Waals surface area contributed by atoms with Crippen LogP contribution in [0.3, 0.4) is 0 Å². The van der Waals surface area contributed by atoms with Gasteiger partial charge in [-0.15, -0.1) is 0 Å². The molecule has 2 aromatic heterocycles. The Labute approximate surface area is 175 Å². The Morgan fingerprint density at radius 3 is 2.77 bits per heavy atom. The zero-order valence-electron chi connectivity index (χ0n) is 17.6. The molecule has 0 aliphatic carbocycles. The van der Waals surface area contributed by atoms with E-state index in [0.29, 0.717) is 36.8 Å². The number of aryl methyl sites for hydroxylation is 2. The topological polar surface area (TPSA) is 88.4 Å². The van der Waals surface area contributed by atoms with Gasteiger partial charge >= 0.3 is 5.63 Å². The minimum absolute atomic E-state index is 0.0296. The second kappa shape index (κ2) is 8.34. The van der Waals surface area contributed by atoms with Crippen LogP contribution in [0.15, 0.2) is 39.8 Å². The molecule has 0 saturated carbocycles. The summed E-state index contributed by atoms with van der Waals surface area (Å²) in [4.78, 5) is 34.3. The molecular formula is C23H27N3O4. The zero-order chi connectivity index (χ0) is 21.3. The number of hydrogen-bond acceptors (Lipinski definition) is 5. The second-order valence-corrected chi connectivity index (χ2v) is 7.91. The number of nitrogens with one attached hydrogen (secondary N) is 1. The van der Waals surface area contributed by atoms with Crippen LogP contribution < -0.4 is 10.4 Å². The molecule has 7 heteroatoms. The number of rotatable bonds is 5. The van der Waals surface area contributed by atoms with Gasteiger partial charge in [0.2, 0.25) is 0 Å². The summed E-state index contributed by atoms with van der Waals surface area (Å²) in [6.45, 7) is 7.04. The van der Waals surface area contributed by atoms with E-state index >= 15 is 0 Å². The summed E-state index contributed by atoms with van der Waals surface area (Å²) in [7, 11) is 0. The third-order valence-corrected chi connectivity index (χ3v) is 5.78. The van der Waals surface area contributed by atoms with Gasteiger partial charge in [-0.3, -0.25) is 4.79 Å². The van der Waals surface area contributed by atoms with Crippen LogP contribution in [0.5, 0.6) is 5.75 Å². The van der Waals surface area contributed by atoms with Crippen LogP contribution in [0, 0.1) is 6.92 Å². The van der Waals surface area contributed by atoms with Crippen LogP contribution in [-0.2, 0) is 11.2 Å². The maximum atomic E-state index is 13.0. The lowest BCUT2D eigenvalue weighted by Gasteiger charge is -2.33. The highest BCUT2D eigenvalue weighted by molar-refractivity contribution is 5.88. The second-order valence-electron chi connectivity index (χ2n) is 7.91. The Bertz CT molecular complexity index is 1100. The summed E-state index contributed by atoms with van der Waals surface area (Å²) in [6, 6.07) is 5.22. The number of piperidine rings is 1. The molecule has 0 radical (unpaired) electrons. The van der Waals surface area contributed by atoms with Gasteiger partial charge in [0.1, 0.15) is 17.2 Å². The molecule has 1 unspecified atom stereocenters. The predicted octanol–water partition coefficient (Wildman–Crippen LogP) is 3.56. The van der Waals surface area contributed by atoms with Gasteiger partial charge in [-0.2, -0.15) is 0 Å². The van der Waals surface area contributed by atoms with Gasteiger partial charge in [0.15, 0.2) is 6.10 Å². The zero-order valence-corrected chi connectivity index (χ0v) is 17.6. The van der Waals surface area contributed by atoms with Crippen molar-refractivity contribution in [3.8, 4) is 5.75 Å². The average molecular weight is 409 g/mol. The van der Waals surface area contributed by atoms with E-state index in [0.717, 1.165) is 35.2 Å². The number of carbonyl (C=O) groups is 1. The molecule has 7 nitrogen and oxygen atoms in total.